The molecule has 0 spiro atoms. The van der Waals surface area contributed by atoms with Crippen molar-refractivity contribution in [3.63, 3.8) is 0 Å². The van der Waals surface area contributed by atoms with Crippen molar-refractivity contribution < 1.29 is 24.2 Å². The van der Waals surface area contributed by atoms with E-state index in [0.29, 0.717) is 17.9 Å². The van der Waals surface area contributed by atoms with Crippen LogP contribution in [0.25, 0.3) is 5.76 Å². The molecule has 2 aliphatic heterocycles. The summed E-state index contributed by atoms with van der Waals surface area (Å²) in [4.78, 5) is 30.4. The minimum atomic E-state index is -0.690. The van der Waals surface area contributed by atoms with Gasteiger partial charge in [0.1, 0.15) is 23.4 Å². The average Bonchev–Trinajstić information content (AvgIpc) is 3.37. The lowest BCUT2D eigenvalue weighted by Gasteiger charge is -2.27. The second kappa shape index (κ2) is 10.5. The maximum atomic E-state index is 13.3. The number of amides is 1. The Labute approximate surface area is 206 Å². The van der Waals surface area contributed by atoms with Crippen LogP contribution in [0.4, 0.5) is 0 Å². The molecule has 2 aromatic carbocycles. The number of ether oxygens (including phenoxy) is 2. The van der Waals surface area contributed by atoms with Gasteiger partial charge in [-0.1, -0.05) is 26.0 Å². The maximum absolute atomic E-state index is 13.3. The number of benzene rings is 2. The topological polar surface area (TPSA) is 79.3 Å². The first-order valence-corrected chi connectivity index (χ1v) is 12.3. The van der Waals surface area contributed by atoms with Crippen molar-refractivity contribution in [1.29, 1.82) is 0 Å². The molecule has 2 aromatic rings. The monoisotopic (exact) mass is 478 g/mol. The van der Waals surface area contributed by atoms with Crippen LogP contribution in [-0.4, -0.2) is 66.0 Å². The van der Waals surface area contributed by atoms with E-state index in [1.807, 2.05) is 43.3 Å². The number of aliphatic hydroxyl groups is 1. The van der Waals surface area contributed by atoms with Crippen molar-refractivity contribution in [2.24, 2.45) is 0 Å². The highest BCUT2D eigenvalue weighted by molar-refractivity contribution is 6.46. The molecule has 0 unspecified atom stereocenters. The van der Waals surface area contributed by atoms with Gasteiger partial charge in [-0.25, -0.2) is 0 Å². The quantitative estimate of drug-likeness (QED) is 0.331. The van der Waals surface area contributed by atoms with Gasteiger partial charge >= 0.3 is 0 Å². The fraction of sp³-hybridized carbons (Fsp3) is 0.429. The number of hydrogen-bond acceptors (Lipinski definition) is 6. The molecule has 1 fully saturated rings. The van der Waals surface area contributed by atoms with Gasteiger partial charge in [-0.05, 0) is 74.4 Å². The smallest absolute Gasteiger partial charge is 0.295 e. The van der Waals surface area contributed by atoms with Crippen molar-refractivity contribution in [3.05, 3.63) is 64.7 Å². The molecule has 2 atom stereocenters. The van der Waals surface area contributed by atoms with Crippen molar-refractivity contribution in [2.45, 2.75) is 45.8 Å². The predicted octanol–water partition coefficient (Wildman–Crippen LogP) is 4.17. The molecule has 186 valence electrons. The Morgan fingerprint density at radius 2 is 1.94 bits per heavy atom. The third-order valence-corrected chi connectivity index (χ3v) is 6.89. The molecule has 0 bridgehead atoms. The highest BCUT2D eigenvalue weighted by Gasteiger charge is 2.46. The summed E-state index contributed by atoms with van der Waals surface area (Å²) < 4.78 is 11.2. The summed E-state index contributed by atoms with van der Waals surface area (Å²) in [5.41, 5.74) is 2.33. The number of methoxy groups -OCH3 is 1. The Morgan fingerprint density at radius 1 is 1.17 bits per heavy atom. The number of carbonyl (C=O) groups is 2. The minimum absolute atomic E-state index is 0.0653. The zero-order chi connectivity index (χ0) is 25.1. The molecule has 0 radical (unpaired) electrons. The summed E-state index contributed by atoms with van der Waals surface area (Å²) in [5, 5.41) is 11.4. The Hall–Kier alpha value is -3.32. The molecule has 0 aromatic heterocycles. The second-order valence-electron chi connectivity index (χ2n) is 9.10. The Morgan fingerprint density at radius 3 is 2.66 bits per heavy atom. The number of carbonyl (C=O) groups excluding carboxylic acids is 2. The van der Waals surface area contributed by atoms with Crippen LogP contribution in [-0.2, 0) is 16.0 Å². The van der Waals surface area contributed by atoms with Crippen LogP contribution in [0.15, 0.2) is 48.0 Å². The maximum Gasteiger partial charge on any atom is 0.295 e. The summed E-state index contributed by atoms with van der Waals surface area (Å²) in [6, 6.07) is 12.0. The molecule has 1 N–H and O–H groups in total. The van der Waals surface area contributed by atoms with Gasteiger partial charge < -0.3 is 24.4 Å². The number of ketones is 1. The van der Waals surface area contributed by atoms with E-state index in [-0.39, 0.29) is 17.4 Å². The number of aliphatic hydroxyl groups excluding tert-OH is 1. The SMILES string of the molecule is CCN(CC)CCCN1C(=O)C(=O)C(=C(O)c2ccc3c(c2)C[C@@H](C)O3)[C@H]1c1cccc(OC)c1. The first-order valence-electron chi connectivity index (χ1n) is 12.3. The van der Waals surface area contributed by atoms with Gasteiger partial charge in [-0.15, -0.1) is 0 Å². The van der Waals surface area contributed by atoms with Gasteiger partial charge in [0.05, 0.1) is 18.7 Å². The van der Waals surface area contributed by atoms with Crippen LogP contribution in [0.1, 0.15) is 49.9 Å². The minimum Gasteiger partial charge on any atom is -0.507 e. The molecule has 1 saturated heterocycles. The Kier molecular flexibility index (Phi) is 7.45. The highest BCUT2D eigenvalue weighted by atomic mass is 16.5. The number of likely N-dealkylation sites (tertiary alicyclic amines) is 1. The van der Waals surface area contributed by atoms with E-state index < -0.39 is 17.7 Å². The van der Waals surface area contributed by atoms with Crippen LogP contribution >= 0.6 is 0 Å². The van der Waals surface area contributed by atoms with Crippen LogP contribution in [0.2, 0.25) is 0 Å². The van der Waals surface area contributed by atoms with E-state index in [9.17, 15) is 14.7 Å². The molecule has 2 heterocycles. The molecule has 35 heavy (non-hydrogen) atoms. The molecule has 0 saturated carbocycles. The largest absolute Gasteiger partial charge is 0.507 e. The summed E-state index contributed by atoms with van der Waals surface area (Å²) in [6.07, 6.45) is 1.52. The molecular formula is C28H34N2O5. The molecule has 7 heteroatoms. The number of hydrogen-bond donors (Lipinski definition) is 1. The van der Waals surface area contributed by atoms with Gasteiger partial charge in [-0.2, -0.15) is 0 Å². The van der Waals surface area contributed by atoms with Crippen molar-refractivity contribution in [2.75, 3.05) is 33.3 Å². The zero-order valence-corrected chi connectivity index (χ0v) is 20.9. The lowest BCUT2D eigenvalue weighted by Crippen LogP contribution is -2.33. The van der Waals surface area contributed by atoms with E-state index in [1.165, 1.54) is 0 Å². The van der Waals surface area contributed by atoms with Crippen LogP contribution in [0.5, 0.6) is 11.5 Å². The summed E-state index contributed by atoms with van der Waals surface area (Å²) in [5.74, 6) is 0.000203. The number of fused-ring (bicyclic) bond motifs is 1. The molecule has 7 nitrogen and oxygen atoms in total. The Balaban J connectivity index is 1.75. The van der Waals surface area contributed by atoms with Crippen LogP contribution in [0, 0.1) is 0 Å². The van der Waals surface area contributed by atoms with Crippen molar-refractivity contribution in [1.82, 2.24) is 9.80 Å². The van der Waals surface area contributed by atoms with Gasteiger partial charge in [0.25, 0.3) is 11.7 Å². The van der Waals surface area contributed by atoms with E-state index in [2.05, 4.69) is 18.7 Å². The molecular weight excluding hydrogens is 444 g/mol. The lowest BCUT2D eigenvalue weighted by molar-refractivity contribution is -0.140. The molecule has 4 rings (SSSR count). The normalized spacial score (nSPS) is 20.9. The van der Waals surface area contributed by atoms with E-state index in [0.717, 1.165) is 49.4 Å². The van der Waals surface area contributed by atoms with Crippen LogP contribution < -0.4 is 9.47 Å². The zero-order valence-electron chi connectivity index (χ0n) is 20.9. The van der Waals surface area contributed by atoms with Gasteiger partial charge in [0.2, 0.25) is 0 Å². The fourth-order valence-corrected chi connectivity index (χ4v) is 5.00. The lowest BCUT2D eigenvalue weighted by atomic mass is 9.94. The van der Waals surface area contributed by atoms with E-state index >= 15 is 0 Å². The summed E-state index contributed by atoms with van der Waals surface area (Å²) >= 11 is 0. The number of Topliss-reactive ketones (excluding diaryl/α,β-unsaturated/α-hetero) is 1. The standard InChI is InChI=1S/C28H34N2O5/c1-5-29(6-2)13-8-14-30-25(19-9-7-10-22(17-19)34-4)24(27(32)28(30)33)26(31)20-11-12-23-21(16-20)15-18(3)35-23/h7,9-12,16-18,25,31H,5-6,8,13-15H2,1-4H3/t18-,25-/m1/s1. The van der Waals surface area contributed by atoms with E-state index in [4.69, 9.17) is 9.47 Å². The third kappa shape index (κ3) is 4.91. The summed E-state index contributed by atoms with van der Waals surface area (Å²) in [7, 11) is 1.58. The Bertz CT molecular complexity index is 1140. The first-order chi connectivity index (χ1) is 16.9. The van der Waals surface area contributed by atoms with Gasteiger partial charge in [0.15, 0.2) is 0 Å². The van der Waals surface area contributed by atoms with Crippen molar-refractivity contribution >= 4 is 17.4 Å². The van der Waals surface area contributed by atoms with Gasteiger partial charge in [-0.3, -0.25) is 9.59 Å². The molecule has 2 aliphatic rings. The van der Waals surface area contributed by atoms with Gasteiger partial charge in [0, 0.05) is 18.5 Å². The average molecular weight is 479 g/mol. The summed E-state index contributed by atoms with van der Waals surface area (Å²) in [6.45, 7) is 9.29. The fourth-order valence-electron chi connectivity index (χ4n) is 5.00. The number of rotatable bonds is 9. The van der Waals surface area contributed by atoms with Crippen molar-refractivity contribution in [3.8, 4) is 11.5 Å². The van der Waals surface area contributed by atoms with E-state index in [1.54, 1.807) is 18.1 Å². The molecule has 1 amide bonds. The number of nitrogens with zero attached hydrogens (tertiary/aromatic N) is 2. The molecule has 0 aliphatic carbocycles. The highest BCUT2D eigenvalue weighted by Crippen LogP contribution is 2.41. The predicted molar refractivity (Wildman–Crippen MR) is 135 cm³/mol. The van der Waals surface area contributed by atoms with Crippen LogP contribution in [0.3, 0.4) is 0 Å². The first kappa shape index (κ1) is 24.8. The third-order valence-electron chi connectivity index (χ3n) is 6.89. The second-order valence-corrected chi connectivity index (χ2v) is 9.10.